The number of esters is 1. The Hall–Kier alpha value is -3.21. The Morgan fingerprint density at radius 1 is 1.09 bits per heavy atom. The second-order valence-electron chi connectivity index (χ2n) is 10.1. The van der Waals surface area contributed by atoms with Gasteiger partial charge in [-0.1, -0.05) is 0 Å². The number of hydrogen-bond donors (Lipinski definition) is 3. The first-order valence-corrected chi connectivity index (χ1v) is 11.2. The van der Waals surface area contributed by atoms with Crippen LogP contribution in [0.5, 0.6) is 0 Å². The SMILES string of the molecule is CC(C)(C)OC(=O)NCCCN(Cc1cc(C(=O)OC(C)(C)C)ccc1F)C(=O)[C@@H](N)CC(=O)O. The highest BCUT2D eigenvalue weighted by molar-refractivity contribution is 5.90. The molecule has 4 N–H and O–H groups in total. The molecule has 0 saturated carbocycles. The average Bonchev–Trinajstić information content (AvgIpc) is 2.67. The predicted molar refractivity (Wildman–Crippen MR) is 126 cm³/mol. The molecule has 2 amide bonds. The van der Waals surface area contributed by atoms with Gasteiger partial charge in [0.25, 0.3) is 0 Å². The zero-order valence-corrected chi connectivity index (χ0v) is 21.1. The van der Waals surface area contributed by atoms with Crippen molar-refractivity contribution in [2.45, 2.75) is 78.2 Å². The van der Waals surface area contributed by atoms with E-state index in [1.54, 1.807) is 41.5 Å². The monoisotopic (exact) mass is 497 g/mol. The van der Waals surface area contributed by atoms with Gasteiger partial charge in [0.15, 0.2) is 0 Å². The fourth-order valence-corrected chi connectivity index (χ4v) is 2.92. The summed E-state index contributed by atoms with van der Waals surface area (Å²) in [5.41, 5.74) is 4.46. The Kier molecular flexibility index (Phi) is 10.6. The van der Waals surface area contributed by atoms with Gasteiger partial charge in [-0.05, 0) is 66.2 Å². The Morgan fingerprint density at radius 3 is 2.23 bits per heavy atom. The van der Waals surface area contributed by atoms with Gasteiger partial charge in [0, 0.05) is 25.2 Å². The second kappa shape index (κ2) is 12.5. The summed E-state index contributed by atoms with van der Waals surface area (Å²) in [5.74, 6) is -3.27. The van der Waals surface area contributed by atoms with Gasteiger partial charge in [0.1, 0.15) is 17.0 Å². The number of carboxylic acid groups (broad SMARTS) is 1. The molecular weight excluding hydrogens is 461 g/mol. The number of nitrogens with two attached hydrogens (primary N) is 1. The van der Waals surface area contributed by atoms with Gasteiger partial charge in [0.05, 0.1) is 18.0 Å². The molecule has 0 heterocycles. The zero-order chi connectivity index (χ0) is 27.0. The molecule has 0 aliphatic carbocycles. The van der Waals surface area contributed by atoms with Crippen LogP contribution in [0.25, 0.3) is 0 Å². The molecule has 0 aromatic heterocycles. The normalized spacial score (nSPS) is 12.5. The summed E-state index contributed by atoms with van der Waals surface area (Å²) < 4.78 is 25.0. The summed E-state index contributed by atoms with van der Waals surface area (Å²) in [7, 11) is 0. The number of amides is 2. The van der Waals surface area contributed by atoms with Gasteiger partial charge in [-0.25, -0.2) is 14.0 Å². The number of alkyl carbamates (subject to hydrolysis) is 1. The maximum Gasteiger partial charge on any atom is 0.407 e. The largest absolute Gasteiger partial charge is 0.481 e. The Labute approximate surface area is 204 Å². The van der Waals surface area contributed by atoms with E-state index in [4.69, 9.17) is 20.3 Å². The lowest BCUT2D eigenvalue weighted by Crippen LogP contribution is -2.45. The Bertz CT molecular complexity index is 923. The van der Waals surface area contributed by atoms with Crippen LogP contribution in [0.1, 0.15) is 70.3 Å². The number of halogens is 1. The minimum Gasteiger partial charge on any atom is -0.481 e. The third kappa shape index (κ3) is 11.7. The number of carbonyl (C=O) groups is 4. The lowest BCUT2D eigenvalue weighted by Gasteiger charge is -2.26. The number of ether oxygens (including phenoxy) is 2. The first kappa shape index (κ1) is 29.8. The van der Waals surface area contributed by atoms with E-state index in [9.17, 15) is 23.6 Å². The maximum absolute atomic E-state index is 14.6. The van der Waals surface area contributed by atoms with E-state index in [0.29, 0.717) is 0 Å². The van der Waals surface area contributed by atoms with E-state index in [-0.39, 0.29) is 37.2 Å². The molecule has 1 aromatic rings. The van der Waals surface area contributed by atoms with E-state index in [2.05, 4.69) is 5.32 Å². The number of carboxylic acids is 1. The van der Waals surface area contributed by atoms with Crippen LogP contribution in [-0.4, -0.2) is 64.3 Å². The molecule has 11 heteroatoms. The lowest BCUT2D eigenvalue weighted by atomic mass is 10.1. The molecule has 1 aromatic carbocycles. The summed E-state index contributed by atoms with van der Waals surface area (Å²) >= 11 is 0. The summed E-state index contributed by atoms with van der Waals surface area (Å²) in [4.78, 5) is 49.2. The van der Waals surface area contributed by atoms with Crippen LogP contribution < -0.4 is 11.1 Å². The number of carbonyl (C=O) groups excluding carboxylic acids is 3. The summed E-state index contributed by atoms with van der Waals surface area (Å²) in [6, 6.07) is 2.31. The van der Waals surface area contributed by atoms with Gasteiger partial charge in [0.2, 0.25) is 5.91 Å². The molecule has 0 radical (unpaired) electrons. The van der Waals surface area contributed by atoms with Gasteiger partial charge in [-0.3, -0.25) is 9.59 Å². The number of benzene rings is 1. The molecule has 0 spiro atoms. The number of aliphatic carboxylic acids is 1. The molecule has 10 nitrogen and oxygen atoms in total. The predicted octanol–water partition coefficient (Wildman–Crippen LogP) is 2.83. The van der Waals surface area contributed by atoms with E-state index in [1.165, 1.54) is 17.0 Å². The highest BCUT2D eigenvalue weighted by Crippen LogP contribution is 2.18. The number of rotatable bonds is 10. The zero-order valence-electron chi connectivity index (χ0n) is 21.1. The van der Waals surface area contributed by atoms with Crippen molar-refractivity contribution in [1.29, 1.82) is 0 Å². The minimum atomic E-state index is -1.34. The standard InChI is InChI=1S/C24H36FN3O7/c1-23(2,3)34-21(32)15-8-9-17(25)16(12-15)14-28(20(31)18(26)13-19(29)30)11-7-10-27-22(33)35-24(4,5)6/h8-9,12,18H,7,10-11,13-14,26H2,1-6H3,(H,27,33)(H,29,30)/t18-/m0/s1. The van der Waals surface area contributed by atoms with Crippen LogP contribution in [0.3, 0.4) is 0 Å². The quantitative estimate of drug-likeness (QED) is 0.330. The van der Waals surface area contributed by atoms with Crippen LogP contribution >= 0.6 is 0 Å². The van der Waals surface area contributed by atoms with Crippen molar-refractivity contribution in [2.24, 2.45) is 5.73 Å². The molecule has 0 unspecified atom stereocenters. The molecule has 0 bridgehead atoms. The minimum absolute atomic E-state index is 0.0318. The van der Waals surface area contributed by atoms with Crippen molar-refractivity contribution in [1.82, 2.24) is 10.2 Å². The third-order valence-corrected chi connectivity index (χ3v) is 4.34. The van der Waals surface area contributed by atoms with Gasteiger partial charge >= 0.3 is 18.0 Å². The fraction of sp³-hybridized carbons (Fsp3) is 0.583. The fourth-order valence-electron chi connectivity index (χ4n) is 2.92. The number of nitrogens with zero attached hydrogens (tertiary/aromatic N) is 1. The van der Waals surface area contributed by atoms with Crippen molar-refractivity contribution in [3.8, 4) is 0 Å². The van der Waals surface area contributed by atoms with Crippen molar-refractivity contribution in [2.75, 3.05) is 13.1 Å². The molecule has 0 aliphatic heterocycles. The third-order valence-electron chi connectivity index (χ3n) is 4.34. The average molecular weight is 498 g/mol. The Balaban J connectivity index is 3.00. The van der Waals surface area contributed by atoms with Crippen LogP contribution in [0, 0.1) is 5.82 Å². The molecule has 196 valence electrons. The smallest absolute Gasteiger partial charge is 0.407 e. The van der Waals surface area contributed by atoms with Crippen LogP contribution in [0.15, 0.2) is 18.2 Å². The highest BCUT2D eigenvalue weighted by Gasteiger charge is 2.25. The van der Waals surface area contributed by atoms with Gasteiger partial charge in [-0.15, -0.1) is 0 Å². The van der Waals surface area contributed by atoms with Crippen molar-refractivity contribution < 1.29 is 38.1 Å². The van der Waals surface area contributed by atoms with Crippen LogP contribution in [-0.2, 0) is 25.6 Å². The second-order valence-corrected chi connectivity index (χ2v) is 10.1. The molecule has 35 heavy (non-hydrogen) atoms. The molecule has 0 fully saturated rings. The molecular formula is C24H36FN3O7. The summed E-state index contributed by atoms with van der Waals surface area (Å²) in [6.07, 6.45) is -0.974. The first-order chi connectivity index (χ1) is 16.0. The number of hydrogen-bond acceptors (Lipinski definition) is 7. The Morgan fingerprint density at radius 2 is 1.69 bits per heavy atom. The van der Waals surface area contributed by atoms with E-state index < -0.39 is 53.4 Å². The lowest BCUT2D eigenvalue weighted by molar-refractivity contribution is -0.142. The topological polar surface area (TPSA) is 148 Å². The first-order valence-electron chi connectivity index (χ1n) is 11.2. The highest BCUT2D eigenvalue weighted by atomic mass is 19.1. The van der Waals surface area contributed by atoms with Gasteiger partial charge < -0.3 is 30.5 Å². The van der Waals surface area contributed by atoms with Crippen molar-refractivity contribution in [3.63, 3.8) is 0 Å². The summed E-state index contributed by atoms with van der Waals surface area (Å²) in [5, 5.41) is 11.5. The van der Waals surface area contributed by atoms with E-state index >= 15 is 0 Å². The summed E-state index contributed by atoms with van der Waals surface area (Å²) in [6.45, 7) is 10.2. The van der Waals surface area contributed by atoms with Gasteiger partial charge in [-0.2, -0.15) is 0 Å². The molecule has 0 aliphatic rings. The molecule has 1 atom stereocenters. The molecule has 1 rings (SSSR count). The van der Waals surface area contributed by atoms with Crippen molar-refractivity contribution in [3.05, 3.63) is 35.1 Å². The van der Waals surface area contributed by atoms with Crippen LogP contribution in [0.2, 0.25) is 0 Å². The van der Waals surface area contributed by atoms with E-state index in [0.717, 1.165) is 6.07 Å². The van der Waals surface area contributed by atoms with E-state index in [1.807, 2.05) is 0 Å². The maximum atomic E-state index is 14.6. The number of nitrogens with one attached hydrogen (secondary N) is 1. The van der Waals surface area contributed by atoms with Crippen LogP contribution in [0.4, 0.5) is 9.18 Å². The molecule has 0 saturated heterocycles. The van der Waals surface area contributed by atoms with Crippen molar-refractivity contribution >= 4 is 23.9 Å².